The normalized spacial score (nSPS) is 18.5. The lowest BCUT2D eigenvalue weighted by atomic mass is 9.94. The van der Waals surface area contributed by atoms with Gasteiger partial charge in [-0.2, -0.15) is 0 Å². The highest BCUT2D eigenvalue weighted by atomic mass is 15.1. The van der Waals surface area contributed by atoms with Gasteiger partial charge in [-0.05, 0) is 47.2 Å². The average molecular weight is 301 g/mol. The molecular formula is C22H23N. The summed E-state index contributed by atoms with van der Waals surface area (Å²) in [7, 11) is 0. The largest absolute Gasteiger partial charge is 0.299 e. The SMILES string of the molecule is c1ccc(CN2CCC(Cc3cccc4ccccc34)C2)cc1. The molecule has 1 aliphatic heterocycles. The van der Waals surface area contributed by atoms with Crippen LogP contribution < -0.4 is 0 Å². The smallest absolute Gasteiger partial charge is 0.0233 e. The van der Waals surface area contributed by atoms with E-state index < -0.39 is 0 Å². The van der Waals surface area contributed by atoms with E-state index in [2.05, 4.69) is 77.7 Å². The van der Waals surface area contributed by atoms with Crippen LogP contribution >= 0.6 is 0 Å². The van der Waals surface area contributed by atoms with Gasteiger partial charge in [0.1, 0.15) is 0 Å². The number of rotatable bonds is 4. The summed E-state index contributed by atoms with van der Waals surface area (Å²) >= 11 is 0. The molecule has 0 bridgehead atoms. The molecule has 116 valence electrons. The minimum atomic E-state index is 0.782. The van der Waals surface area contributed by atoms with E-state index in [4.69, 9.17) is 0 Å². The lowest BCUT2D eigenvalue weighted by molar-refractivity contribution is 0.316. The topological polar surface area (TPSA) is 3.24 Å². The Bertz CT molecular complexity index is 773. The Kier molecular flexibility index (Phi) is 4.12. The van der Waals surface area contributed by atoms with Crippen molar-refractivity contribution in [3.05, 3.63) is 83.9 Å². The van der Waals surface area contributed by atoms with E-state index in [9.17, 15) is 0 Å². The summed E-state index contributed by atoms with van der Waals surface area (Å²) in [5.41, 5.74) is 2.94. The Morgan fingerprint density at radius 1 is 0.826 bits per heavy atom. The lowest BCUT2D eigenvalue weighted by Gasteiger charge is -2.16. The molecule has 0 saturated carbocycles. The van der Waals surface area contributed by atoms with E-state index in [1.165, 1.54) is 47.8 Å². The monoisotopic (exact) mass is 301 g/mol. The summed E-state index contributed by atoms with van der Waals surface area (Å²) in [6, 6.07) is 26.3. The molecule has 0 aromatic heterocycles. The van der Waals surface area contributed by atoms with Crippen LogP contribution in [-0.2, 0) is 13.0 Å². The van der Waals surface area contributed by atoms with E-state index in [1.807, 2.05) is 0 Å². The molecule has 3 aromatic rings. The van der Waals surface area contributed by atoms with Crippen LogP contribution in [0.15, 0.2) is 72.8 Å². The molecule has 1 unspecified atom stereocenters. The molecule has 4 rings (SSSR count). The van der Waals surface area contributed by atoms with Gasteiger partial charge in [-0.1, -0.05) is 72.8 Å². The first-order valence-electron chi connectivity index (χ1n) is 8.61. The molecule has 23 heavy (non-hydrogen) atoms. The molecule has 1 nitrogen and oxygen atoms in total. The molecule has 0 spiro atoms. The minimum Gasteiger partial charge on any atom is -0.299 e. The van der Waals surface area contributed by atoms with E-state index in [1.54, 1.807) is 0 Å². The Balaban J connectivity index is 1.44. The summed E-state index contributed by atoms with van der Waals surface area (Å²) in [5, 5.41) is 2.79. The maximum Gasteiger partial charge on any atom is 0.0233 e. The number of likely N-dealkylation sites (tertiary alicyclic amines) is 1. The quantitative estimate of drug-likeness (QED) is 0.662. The molecule has 0 amide bonds. The van der Waals surface area contributed by atoms with Gasteiger partial charge in [0, 0.05) is 13.1 Å². The van der Waals surface area contributed by atoms with Gasteiger partial charge in [0.05, 0.1) is 0 Å². The van der Waals surface area contributed by atoms with Crippen molar-refractivity contribution in [3.8, 4) is 0 Å². The van der Waals surface area contributed by atoms with Crippen LogP contribution in [0, 0.1) is 5.92 Å². The molecule has 1 heterocycles. The van der Waals surface area contributed by atoms with Crippen molar-refractivity contribution in [1.29, 1.82) is 0 Å². The first-order chi connectivity index (χ1) is 11.4. The highest BCUT2D eigenvalue weighted by Gasteiger charge is 2.23. The zero-order chi connectivity index (χ0) is 15.5. The van der Waals surface area contributed by atoms with Crippen LogP contribution in [0.5, 0.6) is 0 Å². The van der Waals surface area contributed by atoms with Crippen LogP contribution in [0.2, 0.25) is 0 Å². The minimum absolute atomic E-state index is 0.782. The Hall–Kier alpha value is -2.12. The summed E-state index contributed by atoms with van der Waals surface area (Å²) in [4.78, 5) is 2.60. The molecule has 1 saturated heterocycles. The third-order valence-corrected chi connectivity index (χ3v) is 5.01. The second-order valence-corrected chi connectivity index (χ2v) is 6.72. The fourth-order valence-corrected chi connectivity index (χ4v) is 3.85. The van der Waals surface area contributed by atoms with Crippen LogP contribution in [0.25, 0.3) is 10.8 Å². The molecular weight excluding hydrogens is 278 g/mol. The first kappa shape index (κ1) is 14.5. The number of hydrogen-bond acceptors (Lipinski definition) is 1. The van der Waals surface area contributed by atoms with E-state index >= 15 is 0 Å². The van der Waals surface area contributed by atoms with Gasteiger partial charge >= 0.3 is 0 Å². The third kappa shape index (κ3) is 3.30. The van der Waals surface area contributed by atoms with Crippen molar-refractivity contribution < 1.29 is 0 Å². The fraction of sp³-hybridized carbons (Fsp3) is 0.273. The summed E-state index contributed by atoms with van der Waals surface area (Å²) < 4.78 is 0. The van der Waals surface area contributed by atoms with Gasteiger partial charge in [-0.15, -0.1) is 0 Å². The van der Waals surface area contributed by atoms with Crippen LogP contribution in [-0.4, -0.2) is 18.0 Å². The van der Waals surface area contributed by atoms with Gasteiger partial charge in [-0.3, -0.25) is 4.90 Å². The number of benzene rings is 3. The Morgan fingerprint density at radius 2 is 1.61 bits per heavy atom. The summed E-state index contributed by atoms with van der Waals surface area (Å²) in [6.07, 6.45) is 2.52. The number of fused-ring (bicyclic) bond motifs is 1. The predicted octanol–water partition coefficient (Wildman–Crippen LogP) is 4.90. The maximum atomic E-state index is 2.60. The fourth-order valence-electron chi connectivity index (χ4n) is 3.85. The second kappa shape index (κ2) is 6.55. The van der Waals surface area contributed by atoms with E-state index in [0.29, 0.717) is 0 Å². The molecule has 0 aliphatic carbocycles. The molecule has 1 fully saturated rings. The van der Waals surface area contributed by atoms with E-state index in [-0.39, 0.29) is 0 Å². The standard InChI is InChI=1S/C22H23N/c1-2-7-18(8-3-1)16-23-14-13-19(17-23)15-21-11-6-10-20-9-4-5-12-22(20)21/h1-12,19H,13-17H2. The predicted molar refractivity (Wildman–Crippen MR) is 97.5 cm³/mol. The highest BCUT2D eigenvalue weighted by molar-refractivity contribution is 5.85. The van der Waals surface area contributed by atoms with Crippen molar-refractivity contribution in [2.45, 2.75) is 19.4 Å². The zero-order valence-electron chi connectivity index (χ0n) is 13.5. The summed E-state index contributed by atoms with van der Waals surface area (Å²) in [5.74, 6) is 0.782. The zero-order valence-corrected chi connectivity index (χ0v) is 13.5. The molecule has 0 radical (unpaired) electrons. The van der Waals surface area contributed by atoms with Crippen molar-refractivity contribution >= 4 is 10.8 Å². The number of hydrogen-bond donors (Lipinski definition) is 0. The lowest BCUT2D eigenvalue weighted by Crippen LogP contribution is -2.20. The van der Waals surface area contributed by atoms with Gasteiger partial charge in [0.25, 0.3) is 0 Å². The van der Waals surface area contributed by atoms with Crippen LogP contribution in [0.4, 0.5) is 0 Å². The van der Waals surface area contributed by atoms with E-state index in [0.717, 1.165) is 12.5 Å². The van der Waals surface area contributed by atoms with Gasteiger partial charge in [0.15, 0.2) is 0 Å². The van der Waals surface area contributed by atoms with Gasteiger partial charge in [0.2, 0.25) is 0 Å². The van der Waals surface area contributed by atoms with Crippen molar-refractivity contribution in [3.63, 3.8) is 0 Å². The third-order valence-electron chi connectivity index (χ3n) is 5.01. The molecule has 1 aliphatic rings. The van der Waals surface area contributed by atoms with Crippen molar-refractivity contribution in [2.75, 3.05) is 13.1 Å². The highest BCUT2D eigenvalue weighted by Crippen LogP contribution is 2.26. The average Bonchev–Trinajstić information content (AvgIpc) is 3.03. The first-order valence-corrected chi connectivity index (χ1v) is 8.61. The van der Waals surface area contributed by atoms with Crippen molar-refractivity contribution in [1.82, 2.24) is 4.90 Å². The van der Waals surface area contributed by atoms with Gasteiger partial charge < -0.3 is 0 Å². The maximum absolute atomic E-state index is 2.60. The second-order valence-electron chi connectivity index (χ2n) is 6.72. The van der Waals surface area contributed by atoms with Crippen molar-refractivity contribution in [2.24, 2.45) is 5.92 Å². The molecule has 3 aromatic carbocycles. The molecule has 1 atom stereocenters. The molecule has 1 heteroatoms. The van der Waals surface area contributed by atoms with Gasteiger partial charge in [-0.25, -0.2) is 0 Å². The Labute approximate surface area is 138 Å². The van der Waals surface area contributed by atoms with Crippen LogP contribution in [0.1, 0.15) is 17.5 Å². The Morgan fingerprint density at radius 3 is 2.52 bits per heavy atom. The number of nitrogens with zero attached hydrogens (tertiary/aromatic N) is 1. The summed E-state index contributed by atoms with van der Waals surface area (Å²) in [6.45, 7) is 3.54. The molecule has 0 N–H and O–H groups in total. The van der Waals surface area contributed by atoms with Crippen LogP contribution in [0.3, 0.4) is 0 Å².